The van der Waals surface area contributed by atoms with E-state index in [1.807, 2.05) is 6.92 Å². The van der Waals surface area contributed by atoms with Crippen LogP contribution in [0.5, 0.6) is 0 Å². The Bertz CT molecular complexity index is 429. The predicted molar refractivity (Wildman–Crippen MR) is 64.4 cm³/mol. The average molecular weight is 257 g/mol. The largest absolute Gasteiger partial charge is 0.395 e. The van der Waals surface area contributed by atoms with Gasteiger partial charge in [-0.05, 0) is 25.0 Å². The van der Waals surface area contributed by atoms with Crippen LogP contribution in [0, 0.1) is 18.6 Å². The Morgan fingerprint density at radius 2 is 1.94 bits per heavy atom. The van der Waals surface area contributed by atoms with Gasteiger partial charge >= 0.3 is 0 Å². The van der Waals surface area contributed by atoms with Crippen LogP contribution in [0.4, 0.5) is 8.78 Å². The number of amides is 1. The lowest BCUT2D eigenvalue weighted by Crippen LogP contribution is -2.34. The molecule has 0 spiro atoms. The van der Waals surface area contributed by atoms with Gasteiger partial charge < -0.3 is 10.0 Å². The van der Waals surface area contributed by atoms with E-state index in [2.05, 4.69) is 0 Å². The molecule has 1 aromatic rings. The fraction of sp³-hybridized carbons (Fsp3) is 0.462. The van der Waals surface area contributed by atoms with Crippen LogP contribution in [0.1, 0.15) is 29.3 Å². The molecule has 18 heavy (non-hydrogen) atoms. The van der Waals surface area contributed by atoms with E-state index in [1.165, 1.54) is 17.9 Å². The second-order valence-corrected chi connectivity index (χ2v) is 4.10. The van der Waals surface area contributed by atoms with Gasteiger partial charge in [-0.1, -0.05) is 6.92 Å². The SMILES string of the molecule is CCCN(CCO)C(=O)c1cc(C)c(F)cc1F. The summed E-state index contributed by atoms with van der Waals surface area (Å²) in [7, 11) is 0. The number of hydrogen-bond donors (Lipinski definition) is 1. The highest BCUT2D eigenvalue weighted by Gasteiger charge is 2.19. The van der Waals surface area contributed by atoms with Crippen molar-refractivity contribution in [2.75, 3.05) is 19.7 Å². The summed E-state index contributed by atoms with van der Waals surface area (Å²) >= 11 is 0. The maximum atomic E-state index is 13.6. The minimum atomic E-state index is -0.873. The molecule has 1 rings (SSSR count). The Morgan fingerprint density at radius 3 is 2.50 bits per heavy atom. The van der Waals surface area contributed by atoms with E-state index < -0.39 is 17.5 Å². The molecule has 0 unspecified atom stereocenters. The normalized spacial score (nSPS) is 10.5. The molecule has 0 aromatic heterocycles. The van der Waals surface area contributed by atoms with E-state index in [-0.39, 0.29) is 24.3 Å². The van der Waals surface area contributed by atoms with Gasteiger partial charge in [-0.3, -0.25) is 4.79 Å². The van der Waals surface area contributed by atoms with Gasteiger partial charge in [-0.25, -0.2) is 8.78 Å². The number of carbonyl (C=O) groups excluding carboxylic acids is 1. The van der Waals surface area contributed by atoms with E-state index in [9.17, 15) is 13.6 Å². The molecule has 0 fully saturated rings. The second-order valence-electron chi connectivity index (χ2n) is 4.10. The number of aliphatic hydroxyl groups is 1. The maximum absolute atomic E-state index is 13.6. The summed E-state index contributed by atoms with van der Waals surface area (Å²) in [5.41, 5.74) is 0.0657. The highest BCUT2D eigenvalue weighted by atomic mass is 19.1. The zero-order chi connectivity index (χ0) is 13.7. The summed E-state index contributed by atoms with van der Waals surface area (Å²) < 4.78 is 26.7. The van der Waals surface area contributed by atoms with Crippen molar-refractivity contribution in [3.63, 3.8) is 0 Å². The van der Waals surface area contributed by atoms with E-state index in [0.29, 0.717) is 19.0 Å². The molecule has 0 bridgehead atoms. The molecule has 1 N–H and O–H groups in total. The van der Waals surface area contributed by atoms with Crippen LogP contribution < -0.4 is 0 Å². The number of benzene rings is 1. The van der Waals surface area contributed by atoms with Crippen molar-refractivity contribution in [2.45, 2.75) is 20.3 Å². The van der Waals surface area contributed by atoms with Gasteiger partial charge in [0.2, 0.25) is 0 Å². The average Bonchev–Trinajstić information content (AvgIpc) is 2.33. The van der Waals surface area contributed by atoms with Crippen LogP contribution in [0.25, 0.3) is 0 Å². The Labute approximate surface area is 105 Å². The topological polar surface area (TPSA) is 40.5 Å². The molecule has 0 aliphatic heterocycles. The summed E-state index contributed by atoms with van der Waals surface area (Å²) in [5.74, 6) is -2.07. The van der Waals surface area contributed by atoms with E-state index >= 15 is 0 Å². The van der Waals surface area contributed by atoms with Crippen molar-refractivity contribution in [1.29, 1.82) is 0 Å². The number of carbonyl (C=O) groups is 1. The first-order chi connectivity index (χ1) is 8.51. The molecule has 0 radical (unpaired) electrons. The summed E-state index contributed by atoms with van der Waals surface area (Å²) in [6.45, 7) is 3.73. The maximum Gasteiger partial charge on any atom is 0.256 e. The van der Waals surface area contributed by atoms with Gasteiger partial charge in [0.25, 0.3) is 5.91 Å². The lowest BCUT2D eigenvalue weighted by molar-refractivity contribution is 0.0717. The molecule has 1 aromatic carbocycles. The van der Waals surface area contributed by atoms with Gasteiger partial charge in [-0.2, -0.15) is 0 Å². The van der Waals surface area contributed by atoms with Crippen molar-refractivity contribution in [3.8, 4) is 0 Å². The summed E-state index contributed by atoms with van der Waals surface area (Å²) in [6, 6.07) is 1.92. The van der Waals surface area contributed by atoms with Gasteiger partial charge in [0.15, 0.2) is 0 Å². The van der Waals surface area contributed by atoms with Crippen molar-refractivity contribution in [3.05, 3.63) is 34.9 Å². The second kappa shape index (κ2) is 6.44. The summed E-state index contributed by atoms with van der Waals surface area (Å²) in [6.07, 6.45) is 0.702. The molecule has 0 aliphatic carbocycles. The Balaban J connectivity index is 3.04. The van der Waals surface area contributed by atoms with Crippen molar-refractivity contribution in [1.82, 2.24) is 4.90 Å². The summed E-state index contributed by atoms with van der Waals surface area (Å²) in [5, 5.41) is 8.88. The Morgan fingerprint density at radius 1 is 1.28 bits per heavy atom. The molecule has 0 saturated carbocycles. The van der Waals surface area contributed by atoms with Crippen LogP contribution in [-0.4, -0.2) is 35.6 Å². The number of aliphatic hydroxyl groups excluding tert-OH is 1. The zero-order valence-electron chi connectivity index (χ0n) is 10.5. The fourth-order valence-corrected chi connectivity index (χ4v) is 1.70. The monoisotopic (exact) mass is 257 g/mol. The molecule has 5 heteroatoms. The van der Waals surface area contributed by atoms with Gasteiger partial charge in [0, 0.05) is 19.2 Å². The number of nitrogens with zero attached hydrogens (tertiary/aromatic N) is 1. The predicted octanol–water partition coefficient (Wildman–Crippen LogP) is 2.12. The minimum absolute atomic E-state index is 0.141. The lowest BCUT2D eigenvalue weighted by atomic mass is 10.1. The molecule has 3 nitrogen and oxygen atoms in total. The standard InChI is InChI=1S/C13H17F2NO2/c1-3-4-16(5-6-17)13(18)10-7-9(2)11(14)8-12(10)15/h7-8,17H,3-6H2,1-2H3. The highest BCUT2D eigenvalue weighted by molar-refractivity contribution is 5.94. The van der Waals surface area contributed by atoms with Gasteiger partial charge in [0.05, 0.1) is 12.2 Å². The molecule has 0 aliphatic rings. The molecular formula is C13H17F2NO2. The van der Waals surface area contributed by atoms with Crippen LogP contribution in [0.3, 0.4) is 0 Å². The molecule has 0 saturated heterocycles. The molecular weight excluding hydrogens is 240 g/mol. The third kappa shape index (κ3) is 3.26. The van der Waals surface area contributed by atoms with Crippen LogP contribution in [-0.2, 0) is 0 Å². The van der Waals surface area contributed by atoms with E-state index in [0.717, 1.165) is 0 Å². The smallest absolute Gasteiger partial charge is 0.256 e. The lowest BCUT2D eigenvalue weighted by Gasteiger charge is -2.21. The van der Waals surface area contributed by atoms with Crippen LogP contribution >= 0.6 is 0 Å². The third-order valence-electron chi connectivity index (χ3n) is 2.63. The summed E-state index contributed by atoms with van der Waals surface area (Å²) in [4.78, 5) is 13.4. The first-order valence-corrected chi connectivity index (χ1v) is 5.87. The van der Waals surface area contributed by atoms with Crippen molar-refractivity contribution >= 4 is 5.91 Å². The highest BCUT2D eigenvalue weighted by Crippen LogP contribution is 2.16. The van der Waals surface area contributed by atoms with Gasteiger partial charge in [0.1, 0.15) is 11.6 Å². The zero-order valence-corrected chi connectivity index (χ0v) is 10.5. The quantitative estimate of drug-likeness (QED) is 0.877. The third-order valence-corrected chi connectivity index (χ3v) is 2.63. The first-order valence-electron chi connectivity index (χ1n) is 5.87. The van der Waals surface area contributed by atoms with Crippen LogP contribution in [0.2, 0.25) is 0 Å². The van der Waals surface area contributed by atoms with E-state index in [4.69, 9.17) is 5.11 Å². The number of aryl methyl sites for hydroxylation is 1. The van der Waals surface area contributed by atoms with Crippen molar-refractivity contribution < 1.29 is 18.7 Å². The minimum Gasteiger partial charge on any atom is -0.395 e. The van der Waals surface area contributed by atoms with Crippen LogP contribution in [0.15, 0.2) is 12.1 Å². The number of rotatable bonds is 5. The van der Waals surface area contributed by atoms with Gasteiger partial charge in [-0.15, -0.1) is 0 Å². The fourth-order valence-electron chi connectivity index (χ4n) is 1.70. The Hall–Kier alpha value is -1.49. The Kier molecular flexibility index (Phi) is 5.22. The molecule has 0 heterocycles. The van der Waals surface area contributed by atoms with E-state index in [1.54, 1.807) is 0 Å². The molecule has 1 amide bonds. The molecule has 100 valence electrons. The number of halogens is 2. The first kappa shape index (κ1) is 14.6. The number of hydrogen-bond acceptors (Lipinski definition) is 2. The molecule has 0 atom stereocenters. The van der Waals surface area contributed by atoms with Crippen molar-refractivity contribution in [2.24, 2.45) is 0 Å².